The first-order valence-electron chi connectivity index (χ1n) is 9.02. The van der Waals surface area contributed by atoms with Gasteiger partial charge in [-0.2, -0.15) is 0 Å². The van der Waals surface area contributed by atoms with Crippen LogP contribution in [0.1, 0.15) is 37.7 Å². The number of nitrogens with zero attached hydrogens (tertiary/aromatic N) is 1. The Bertz CT molecular complexity index is 554. The van der Waals surface area contributed by atoms with Gasteiger partial charge in [0, 0.05) is 24.4 Å². The van der Waals surface area contributed by atoms with Gasteiger partial charge < -0.3 is 4.90 Å². The fourth-order valence-corrected chi connectivity index (χ4v) is 6.07. The molecule has 1 aromatic carbocycles. The summed E-state index contributed by atoms with van der Waals surface area (Å²) in [6.45, 7) is 0.746. The van der Waals surface area contributed by atoms with E-state index in [1.165, 1.54) is 42.6 Å². The van der Waals surface area contributed by atoms with Crippen molar-refractivity contribution in [2.45, 2.75) is 43.5 Å². The fraction of sp³-hybridized carbons (Fsp3) is 0.650. The van der Waals surface area contributed by atoms with Crippen LogP contribution in [-0.4, -0.2) is 24.1 Å². The van der Waals surface area contributed by atoms with Crippen molar-refractivity contribution in [1.29, 1.82) is 0 Å². The Balaban J connectivity index is 1.43. The molecule has 0 heterocycles. The summed E-state index contributed by atoms with van der Waals surface area (Å²) in [6.07, 6.45) is 8.82. The molecule has 4 aliphatic rings. The van der Waals surface area contributed by atoms with Crippen molar-refractivity contribution in [3.05, 3.63) is 29.8 Å². The van der Waals surface area contributed by atoms with Gasteiger partial charge in [-0.15, -0.1) is 11.8 Å². The number of hydrogen-bond acceptors (Lipinski definition) is 2. The van der Waals surface area contributed by atoms with Crippen LogP contribution in [0.25, 0.3) is 0 Å². The average Bonchev–Trinajstić information content (AvgIpc) is 2.54. The third kappa shape index (κ3) is 2.93. The molecule has 4 fully saturated rings. The fourth-order valence-electron chi connectivity index (χ4n) is 5.67. The summed E-state index contributed by atoms with van der Waals surface area (Å²) in [4.78, 5) is 16.4. The second-order valence-electron chi connectivity index (χ2n) is 8.00. The molecule has 0 radical (unpaired) electrons. The number of carbonyl (C=O) groups is 1. The Kier molecular flexibility index (Phi) is 4.17. The SMILES string of the molecule is CSc1ccc(CN(C)C(=O)C2C3CC4CC(C3)CC2C4)cc1. The van der Waals surface area contributed by atoms with Gasteiger partial charge in [-0.25, -0.2) is 0 Å². The predicted octanol–water partition coefficient (Wildman–Crippen LogP) is 4.44. The van der Waals surface area contributed by atoms with E-state index in [0.717, 1.165) is 18.4 Å². The van der Waals surface area contributed by atoms with Crippen LogP contribution in [0.4, 0.5) is 0 Å². The topological polar surface area (TPSA) is 20.3 Å². The maximum atomic E-state index is 13.1. The molecule has 124 valence electrons. The van der Waals surface area contributed by atoms with E-state index in [9.17, 15) is 4.79 Å². The van der Waals surface area contributed by atoms with Crippen molar-refractivity contribution in [3.63, 3.8) is 0 Å². The zero-order chi connectivity index (χ0) is 16.0. The third-order valence-corrected chi connectivity index (χ3v) is 7.21. The lowest BCUT2D eigenvalue weighted by atomic mass is 9.51. The van der Waals surface area contributed by atoms with Gasteiger partial charge in [-0.3, -0.25) is 4.79 Å². The van der Waals surface area contributed by atoms with Crippen molar-refractivity contribution < 1.29 is 4.79 Å². The highest BCUT2D eigenvalue weighted by molar-refractivity contribution is 7.98. The number of thioether (sulfide) groups is 1. The summed E-state index contributed by atoms with van der Waals surface area (Å²) in [5, 5.41) is 0. The Morgan fingerprint density at radius 1 is 1.04 bits per heavy atom. The molecule has 4 aliphatic carbocycles. The summed E-state index contributed by atoms with van der Waals surface area (Å²) >= 11 is 1.76. The van der Waals surface area contributed by atoms with E-state index in [4.69, 9.17) is 0 Å². The maximum Gasteiger partial charge on any atom is 0.226 e. The number of carbonyl (C=O) groups excluding carboxylic acids is 1. The van der Waals surface area contributed by atoms with E-state index < -0.39 is 0 Å². The summed E-state index contributed by atoms with van der Waals surface area (Å²) in [5.74, 6) is 3.96. The van der Waals surface area contributed by atoms with Crippen molar-refractivity contribution in [2.75, 3.05) is 13.3 Å². The smallest absolute Gasteiger partial charge is 0.226 e. The van der Waals surface area contributed by atoms with E-state index in [2.05, 4.69) is 30.5 Å². The molecule has 0 aromatic heterocycles. The number of hydrogen-bond donors (Lipinski definition) is 0. The molecule has 0 N–H and O–H groups in total. The van der Waals surface area contributed by atoms with Gasteiger partial charge in [0.1, 0.15) is 0 Å². The first-order chi connectivity index (χ1) is 11.1. The van der Waals surface area contributed by atoms with Gasteiger partial charge in [0.2, 0.25) is 5.91 Å². The highest BCUT2D eigenvalue weighted by Crippen LogP contribution is 2.56. The predicted molar refractivity (Wildman–Crippen MR) is 95.2 cm³/mol. The largest absolute Gasteiger partial charge is 0.341 e. The van der Waals surface area contributed by atoms with E-state index >= 15 is 0 Å². The van der Waals surface area contributed by atoms with Crippen LogP contribution in [0, 0.1) is 29.6 Å². The lowest BCUT2D eigenvalue weighted by molar-refractivity contribution is -0.148. The zero-order valence-electron chi connectivity index (χ0n) is 14.2. The Morgan fingerprint density at radius 3 is 2.13 bits per heavy atom. The van der Waals surface area contributed by atoms with Crippen LogP contribution in [0.5, 0.6) is 0 Å². The average molecular weight is 330 g/mol. The molecule has 1 aromatic rings. The van der Waals surface area contributed by atoms with Crippen LogP contribution in [0.15, 0.2) is 29.2 Å². The van der Waals surface area contributed by atoms with Crippen molar-refractivity contribution in [2.24, 2.45) is 29.6 Å². The molecular formula is C20H27NOS. The Morgan fingerprint density at radius 2 is 1.61 bits per heavy atom. The minimum atomic E-state index is 0.318. The summed E-state index contributed by atoms with van der Waals surface area (Å²) in [5.41, 5.74) is 1.24. The van der Waals surface area contributed by atoms with Gasteiger partial charge >= 0.3 is 0 Å². The van der Waals surface area contributed by atoms with Crippen molar-refractivity contribution in [3.8, 4) is 0 Å². The molecular weight excluding hydrogens is 302 g/mol. The summed E-state index contributed by atoms with van der Waals surface area (Å²) in [6, 6.07) is 8.63. The molecule has 0 spiro atoms. The number of benzene rings is 1. The van der Waals surface area contributed by atoms with E-state index in [1.54, 1.807) is 11.8 Å². The molecule has 0 unspecified atom stereocenters. The minimum absolute atomic E-state index is 0.318. The van der Waals surface area contributed by atoms with Crippen molar-refractivity contribution in [1.82, 2.24) is 4.90 Å². The van der Waals surface area contributed by atoms with Crippen LogP contribution in [-0.2, 0) is 11.3 Å². The summed E-state index contributed by atoms with van der Waals surface area (Å²) < 4.78 is 0. The molecule has 4 saturated carbocycles. The van der Waals surface area contributed by atoms with Gasteiger partial charge in [0.05, 0.1) is 0 Å². The lowest BCUT2D eigenvalue weighted by Crippen LogP contribution is -2.51. The molecule has 2 nitrogen and oxygen atoms in total. The minimum Gasteiger partial charge on any atom is -0.341 e. The van der Waals surface area contributed by atoms with Crippen LogP contribution >= 0.6 is 11.8 Å². The van der Waals surface area contributed by atoms with Crippen LogP contribution in [0.3, 0.4) is 0 Å². The third-order valence-electron chi connectivity index (χ3n) is 6.47. The van der Waals surface area contributed by atoms with Gasteiger partial charge in [-0.1, -0.05) is 12.1 Å². The molecule has 23 heavy (non-hydrogen) atoms. The van der Waals surface area contributed by atoms with E-state index in [1.807, 2.05) is 11.9 Å². The first-order valence-corrected chi connectivity index (χ1v) is 10.2. The zero-order valence-corrected chi connectivity index (χ0v) is 15.0. The highest BCUT2D eigenvalue weighted by atomic mass is 32.2. The summed E-state index contributed by atoms with van der Waals surface area (Å²) in [7, 11) is 2.00. The molecule has 1 amide bonds. The molecule has 0 aliphatic heterocycles. The highest BCUT2D eigenvalue weighted by Gasteiger charge is 2.51. The van der Waals surface area contributed by atoms with E-state index in [0.29, 0.717) is 23.7 Å². The first kappa shape index (κ1) is 15.6. The maximum absolute atomic E-state index is 13.1. The molecule has 0 atom stereocenters. The van der Waals surface area contributed by atoms with Crippen molar-refractivity contribution >= 4 is 17.7 Å². The normalized spacial score (nSPS) is 34.6. The molecule has 4 bridgehead atoms. The molecule has 3 heteroatoms. The van der Waals surface area contributed by atoms with Gasteiger partial charge in [0.15, 0.2) is 0 Å². The van der Waals surface area contributed by atoms with Crippen LogP contribution < -0.4 is 0 Å². The quantitative estimate of drug-likeness (QED) is 0.761. The Labute approximate surface area is 144 Å². The van der Waals surface area contributed by atoms with Gasteiger partial charge in [0.25, 0.3) is 0 Å². The van der Waals surface area contributed by atoms with Gasteiger partial charge in [-0.05, 0) is 79.7 Å². The number of rotatable bonds is 4. The molecule has 0 saturated heterocycles. The lowest BCUT2D eigenvalue weighted by Gasteiger charge is -2.54. The van der Waals surface area contributed by atoms with E-state index in [-0.39, 0.29) is 0 Å². The number of amides is 1. The second-order valence-corrected chi connectivity index (χ2v) is 8.88. The molecule has 5 rings (SSSR count). The monoisotopic (exact) mass is 329 g/mol. The standard InChI is InChI=1S/C20H27NOS/c1-21(12-13-3-5-18(23-2)6-4-13)20(22)19-16-8-14-7-15(10-16)11-17(19)9-14/h3-6,14-17,19H,7-12H2,1-2H3. The van der Waals surface area contributed by atoms with Crippen LogP contribution in [0.2, 0.25) is 0 Å². The second kappa shape index (κ2) is 6.16. The Hall–Kier alpha value is -0.960.